The summed E-state index contributed by atoms with van der Waals surface area (Å²) in [5, 5.41) is 8.60. The monoisotopic (exact) mass is 230 g/mol. The van der Waals surface area contributed by atoms with Gasteiger partial charge in [0, 0.05) is 18.5 Å². The van der Waals surface area contributed by atoms with Crippen molar-refractivity contribution in [1.29, 1.82) is 0 Å². The summed E-state index contributed by atoms with van der Waals surface area (Å²) >= 11 is 0. The lowest BCUT2D eigenvalue weighted by atomic mass is 10.1. The first-order valence-corrected chi connectivity index (χ1v) is 5.57. The topological polar surface area (TPSA) is 83.6 Å². The van der Waals surface area contributed by atoms with Gasteiger partial charge in [-0.05, 0) is 34.1 Å². The molecule has 0 aromatic carbocycles. The third-order valence-corrected chi connectivity index (χ3v) is 2.39. The van der Waals surface area contributed by atoms with E-state index in [2.05, 4.69) is 0 Å². The number of carboxylic acid groups (broad SMARTS) is 1. The van der Waals surface area contributed by atoms with E-state index in [0.29, 0.717) is 0 Å². The van der Waals surface area contributed by atoms with Crippen molar-refractivity contribution in [3.05, 3.63) is 0 Å². The molecule has 0 aliphatic heterocycles. The van der Waals surface area contributed by atoms with Gasteiger partial charge in [0.1, 0.15) is 6.04 Å². The zero-order valence-corrected chi connectivity index (χ0v) is 10.4. The molecule has 1 amide bonds. The standard InChI is InChI=1S/C11H22N2O3/c1-7(2)13(8(3)4)10(14)6-5-9(12)11(15)16/h7-9H,5-6,12H2,1-4H3,(H,15,16)/t9-/m0/s1. The Balaban J connectivity index is 4.27. The number of nitrogens with two attached hydrogens (primary N) is 1. The Hall–Kier alpha value is -1.10. The SMILES string of the molecule is CC(C)N(C(=O)CC[C@H](N)C(=O)O)C(C)C. The van der Waals surface area contributed by atoms with Crippen LogP contribution in [0.1, 0.15) is 40.5 Å². The van der Waals surface area contributed by atoms with Crippen LogP contribution in [0.5, 0.6) is 0 Å². The molecule has 0 saturated heterocycles. The highest BCUT2D eigenvalue weighted by molar-refractivity contribution is 5.78. The van der Waals surface area contributed by atoms with E-state index < -0.39 is 12.0 Å². The molecule has 16 heavy (non-hydrogen) atoms. The highest BCUT2D eigenvalue weighted by Gasteiger charge is 2.21. The third kappa shape index (κ3) is 4.61. The second-order valence-electron chi connectivity index (χ2n) is 4.47. The van der Waals surface area contributed by atoms with Crippen LogP contribution in [0.25, 0.3) is 0 Å². The first-order valence-electron chi connectivity index (χ1n) is 5.57. The number of carboxylic acids is 1. The van der Waals surface area contributed by atoms with Crippen LogP contribution in [0.2, 0.25) is 0 Å². The van der Waals surface area contributed by atoms with Crippen LogP contribution >= 0.6 is 0 Å². The number of nitrogens with zero attached hydrogens (tertiary/aromatic N) is 1. The number of rotatable bonds is 6. The van der Waals surface area contributed by atoms with Gasteiger partial charge in [-0.15, -0.1) is 0 Å². The molecule has 0 aliphatic rings. The predicted octanol–water partition coefficient (Wildman–Crippen LogP) is 0.824. The van der Waals surface area contributed by atoms with E-state index in [1.807, 2.05) is 27.7 Å². The third-order valence-electron chi connectivity index (χ3n) is 2.39. The van der Waals surface area contributed by atoms with Crippen LogP contribution in [0.3, 0.4) is 0 Å². The normalized spacial score (nSPS) is 12.9. The Morgan fingerprint density at radius 1 is 1.19 bits per heavy atom. The van der Waals surface area contributed by atoms with E-state index in [-0.39, 0.29) is 30.8 Å². The summed E-state index contributed by atoms with van der Waals surface area (Å²) in [6, 6.07) is -0.716. The summed E-state index contributed by atoms with van der Waals surface area (Å²) in [5.74, 6) is -1.10. The minimum Gasteiger partial charge on any atom is -0.480 e. The summed E-state index contributed by atoms with van der Waals surface area (Å²) in [4.78, 5) is 24.1. The maximum absolute atomic E-state index is 11.8. The van der Waals surface area contributed by atoms with Gasteiger partial charge in [0.25, 0.3) is 0 Å². The van der Waals surface area contributed by atoms with E-state index >= 15 is 0 Å². The molecule has 0 radical (unpaired) electrons. The van der Waals surface area contributed by atoms with Gasteiger partial charge in [-0.25, -0.2) is 0 Å². The Morgan fingerprint density at radius 3 is 1.94 bits per heavy atom. The first kappa shape index (κ1) is 14.9. The quantitative estimate of drug-likeness (QED) is 0.707. The molecule has 0 saturated carbocycles. The summed E-state index contributed by atoms with van der Waals surface area (Å²) in [5.41, 5.74) is 5.35. The lowest BCUT2D eigenvalue weighted by molar-refractivity contribution is -0.139. The molecular formula is C11H22N2O3. The van der Waals surface area contributed by atoms with Crippen molar-refractivity contribution >= 4 is 11.9 Å². The van der Waals surface area contributed by atoms with Crippen molar-refractivity contribution in [3.8, 4) is 0 Å². The summed E-state index contributed by atoms with van der Waals surface area (Å²) in [6.07, 6.45) is 0.369. The van der Waals surface area contributed by atoms with Gasteiger partial charge in [-0.2, -0.15) is 0 Å². The lowest BCUT2D eigenvalue weighted by Crippen LogP contribution is -2.43. The van der Waals surface area contributed by atoms with E-state index in [1.54, 1.807) is 4.90 Å². The fourth-order valence-corrected chi connectivity index (χ4v) is 1.70. The fourth-order valence-electron chi connectivity index (χ4n) is 1.70. The smallest absolute Gasteiger partial charge is 0.320 e. The van der Waals surface area contributed by atoms with Crippen LogP contribution in [0.15, 0.2) is 0 Å². The number of amides is 1. The molecule has 0 aromatic heterocycles. The Bertz CT molecular complexity index is 244. The van der Waals surface area contributed by atoms with E-state index in [4.69, 9.17) is 10.8 Å². The number of carbonyl (C=O) groups excluding carboxylic acids is 1. The molecule has 94 valence electrons. The largest absolute Gasteiger partial charge is 0.480 e. The summed E-state index contributed by atoms with van der Waals surface area (Å²) in [7, 11) is 0. The van der Waals surface area contributed by atoms with Crippen LogP contribution in [-0.2, 0) is 9.59 Å². The van der Waals surface area contributed by atoms with Crippen LogP contribution in [-0.4, -0.2) is 40.0 Å². The first-order chi connectivity index (χ1) is 7.27. The van der Waals surface area contributed by atoms with Gasteiger partial charge >= 0.3 is 5.97 Å². The van der Waals surface area contributed by atoms with Crippen molar-refractivity contribution < 1.29 is 14.7 Å². The number of carbonyl (C=O) groups is 2. The maximum atomic E-state index is 11.8. The van der Waals surface area contributed by atoms with E-state index in [0.717, 1.165) is 0 Å². The molecule has 0 spiro atoms. The van der Waals surface area contributed by atoms with Crippen molar-refractivity contribution in [2.75, 3.05) is 0 Å². The molecule has 0 heterocycles. The average Bonchev–Trinajstić information content (AvgIpc) is 2.12. The molecule has 1 atom stereocenters. The average molecular weight is 230 g/mol. The van der Waals surface area contributed by atoms with Gasteiger partial charge in [0.05, 0.1) is 0 Å². The maximum Gasteiger partial charge on any atom is 0.320 e. The van der Waals surface area contributed by atoms with Gasteiger partial charge in [0.2, 0.25) is 5.91 Å². The van der Waals surface area contributed by atoms with Gasteiger partial charge in [-0.1, -0.05) is 0 Å². The molecule has 0 unspecified atom stereocenters. The van der Waals surface area contributed by atoms with Gasteiger partial charge in [-0.3, -0.25) is 9.59 Å². The zero-order valence-electron chi connectivity index (χ0n) is 10.4. The van der Waals surface area contributed by atoms with Gasteiger partial charge in [0.15, 0.2) is 0 Å². The minimum atomic E-state index is -1.06. The minimum absolute atomic E-state index is 0.0401. The van der Waals surface area contributed by atoms with Crippen LogP contribution in [0.4, 0.5) is 0 Å². The number of hydrogen-bond acceptors (Lipinski definition) is 3. The second-order valence-corrected chi connectivity index (χ2v) is 4.47. The zero-order chi connectivity index (χ0) is 12.9. The van der Waals surface area contributed by atoms with E-state index in [1.165, 1.54) is 0 Å². The molecule has 0 aromatic rings. The molecule has 0 aliphatic carbocycles. The Labute approximate surface area is 96.6 Å². The predicted molar refractivity (Wildman–Crippen MR) is 62.0 cm³/mol. The molecule has 3 N–H and O–H groups in total. The molecular weight excluding hydrogens is 208 g/mol. The fraction of sp³-hybridized carbons (Fsp3) is 0.818. The highest BCUT2D eigenvalue weighted by atomic mass is 16.4. The molecule has 0 fully saturated rings. The Kier molecular flexibility index (Phi) is 6.03. The highest BCUT2D eigenvalue weighted by Crippen LogP contribution is 2.09. The van der Waals surface area contributed by atoms with Crippen molar-refractivity contribution in [2.24, 2.45) is 5.73 Å². The second kappa shape index (κ2) is 6.48. The number of aliphatic carboxylic acids is 1. The lowest BCUT2D eigenvalue weighted by Gasteiger charge is -2.31. The summed E-state index contributed by atoms with van der Waals surface area (Å²) in [6.45, 7) is 7.76. The number of hydrogen-bond donors (Lipinski definition) is 2. The molecule has 5 nitrogen and oxygen atoms in total. The molecule has 0 bridgehead atoms. The van der Waals surface area contributed by atoms with Crippen molar-refractivity contribution in [3.63, 3.8) is 0 Å². The van der Waals surface area contributed by atoms with Crippen molar-refractivity contribution in [2.45, 2.75) is 58.7 Å². The van der Waals surface area contributed by atoms with Crippen LogP contribution in [0, 0.1) is 0 Å². The summed E-state index contributed by atoms with van der Waals surface area (Å²) < 4.78 is 0. The Morgan fingerprint density at radius 2 is 1.62 bits per heavy atom. The van der Waals surface area contributed by atoms with Crippen LogP contribution < -0.4 is 5.73 Å². The molecule has 5 heteroatoms. The van der Waals surface area contributed by atoms with Crippen molar-refractivity contribution in [1.82, 2.24) is 4.90 Å². The van der Waals surface area contributed by atoms with E-state index in [9.17, 15) is 9.59 Å². The molecule has 0 rings (SSSR count). The van der Waals surface area contributed by atoms with Gasteiger partial charge < -0.3 is 15.7 Å².